The molecule has 2 aromatic carbocycles. The highest BCUT2D eigenvalue weighted by molar-refractivity contribution is 7.92. The highest BCUT2D eigenvalue weighted by atomic mass is 32.2. The van der Waals surface area contributed by atoms with Crippen LogP contribution in [0.15, 0.2) is 81.1 Å². The summed E-state index contributed by atoms with van der Waals surface area (Å²) in [5, 5.41) is 5.89. The summed E-state index contributed by atoms with van der Waals surface area (Å²) in [7, 11) is -3.70. The molecule has 4 rings (SSSR count). The number of amides is 1. The summed E-state index contributed by atoms with van der Waals surface area (Å²) < 4.78 is 33.5. The summed E-state index contributed by atoms with van der Waals surface area (Å²) in [6, 6.07) is 18.5. The number of hydrogen-bond donors (Lipinski definition) is 1. The standard InChI is InChI=1S/C22H21N3O4S/c1-15-11-12-22(29-15)21-14-20(23-25(21)16(2)26)17-7-6-8-18(13-17)24-30(27,28)19-9-4-3-5-10-19/h3-13,21,24H,14H2,1-2H3. The van der Waals surface area contributed by atoms with Crippen LogP contribution in [0.5, 0.6) is 0 Å². The van der Waals surface area contributed by atoms with E-state index in [1.807, 2.05) is 25.1 Å². The van der Waals surface area contributed by atoms with Gasteiger partial charge < -0.3 is 4.42 Å². The molecule has 0 fully saturated rings. The van der Waals surface area contributed by atoms with Crippen LogP contribution in [0, 0.1) is 6.92 Å². The molecule has 0 saturated carbocycles. The zero-order chi connectivity index (χ0) is 21.3. The monoisotopic (exact) mass is 423 g/mol. The van der Waals surface area contributed by atoms with Gasteiger partial charge in [-0.15, -0.1) is 0 Å². The molecule has 0 spiro atoms. The van der Waals surface area contributed by atoms with Crippen LogP contribution in [0.25, 0.3) is 0 Å². The van der Waals surface area contributed by atoms with Crippen molar-refractivity contribution in [2.45, 2.75) is 31.2 Å². The van der Waals surface area contributed by atoms with Crippen molar-refractivity contribution in [3.63, 3.8) is 0 Å². The second-order valence-electron chi connectivity index (χ2n) is 7.08. The SMILES string of the molecule is CC(=O)N1N=C(c2cccc(NS(=O)(=O)c3ccccc3)c2)CC1c1ccc(C)o1. The van der Waals surface area contributed by atoms with Gasteiger partial charge in [0, 0.05) is 19.0 Å². The molecule has 7 nitrogen and oxygen atoms in total. The second kappa shape index (κ2) is 7.79. The summed E-state index contributed by atoms with van der Waals surface area (Å²) in [6.07, 6.45) is 0.474. The summed E-state index contributed by atoms with van der Waals surface area (Å²) >= 11 is 0. The third kappa shape index (κ3) is 3.99. The van der Waals surface area contributed by atoms with Crippen LogP contribution < -0.4 is 4.72 Å². The van der Waals surface area contributed by atoms with Crippen molar-refractivity contribution in [2.24, 2.45) is 5.10 Å². The molecule has 3 aromatic rings. The Hall–Kier alpha value is -3.39. The zero-order valence-corrected chi connectivity index (χ0v) is 17.4. The number of anilines is 1. The van der Waals surface area contributed by atoms with Crippen molar-refractivity contribution in [3.05, 3.63) is 83.8 Å². The van der Waals surface area contributed by atoms with E-state index in [0.29, 0.717) is 23.6 Å². The van der Waals surface area contributed by atoms with Gasteiger partial charge in [-0.2, -0.15) is 5.10 Å². The lowest BCUT2D eigenvalue weighted by atomic mass is 10.0. The molecule has 1 aromatic heterocycles. The maximum Gasteiger partial charge on any atom is 0.261 e. The van der Waals surface area contributed by atoms with Crippen molar-refractivity contribution in [2.75, 3.05) is 4.72 Å². The van der Waals surface area contributed by atoms with Gasteiger partial charge in [0.05, 0.1) is 10.6 Å². The minimum Gasteiger partial charge on any atom is -0.464 e. The summed E-state index contributed by atoms with van der Waals surface area (Å²) in [5.74, 6) is 1.24. The van der Waals surface area contributed by atoms with Gasteiger partial charge in [-0.05, 0) is 48.9 Å². The molecular formula is C22H21N3O4S. The largest absolute Gasteiger partial charge is 0.464 e. The molecule has 154 valence electrons. The second-order valence-corrected chi connectivity index (χ2v) is 8.76. The number of nitrogens with one attached hydrogen (secondary N) is 1. The van der Waals surface area contributed by atoms with Crippen LogP contribution >= 0.6 is 0 Å². The fourth-order valence-electron chi connectivity index (χ4n) is 3.41. The Morgan fingerprint density at radius 3 is 2.53 bits per heavy atom. The summed E-state index contributed by atoms with van der Waals surface area (Å²) in [5.41, 5.74) is 1.84. The van der Waals surface area contributed by atoms with Gasteiger partial charge in [-0.25, -0.2) is 13.4 Å². The minimum atomic E-state index is -3.70. The molecule has 0 radical (unpaired) electrons. The van der Waals surface area contributed by atoms with Gasteiger partial charge in [0.25, 0.3) is 10.0 Å². The fraction of sp³-hybridized carbons (Fsp3) is 0.182. The summed E-state index contributed by atoms with van der Waals surface area (Å²) in [6.45, 7) is 3.31. The molecular weight excluding hydrogens is 402 g/mol. The number of hydrogen-bond acceptors (Lipinski definition) is 5. The van der Waals surface area contributed by atoms with E-state index in [2.05, 4.69) is 9.82 Å². The molecule has 0 saturated heterocycles. The van der Waals surface area contributed by atoms with E-state index in [1.54, 1.807) is 36.4 Å². The van der Waals surface area contributed by atoms with Crippen LogP contribution in [-0.4, -0.2) is 25.0 Å². The molecule has 0 aliphatic carbocycles. The van der Waals surface area contributed by atoms with Gasteiger partial charge in [-0.3, -0.25) is 9.52 Å². The smallest absolute Gasteiger partial charge is 0.261 e. The average molecular weight is 423 g/mol. The van der Waals surface area contributed by atoms with Crippen LogP contribution in [0.4, 0.5) is 5.69 Å². The summed E-state index contributed by atoms with van der Waals surface area (Å²) in [4.78, 5) is 12.3. The molecule has 1 atom stereocenters. The van der Waals surface area contributed by atoms with Crippen LogP contribution in [-0.2, 0) is 14.8 Å². The Balaban J connectivity index is 1.61. The first-order valence-electron chi connectivity index (χ1n) is 9.45. The quantitative estimate of drug-likeness (QED) is 0.669. The van der Waals surface area contributed by atoms with Crippen molar-refractivity contribution in [1.82, 2.24) is 5.01 Å². The van der Waals surface area contributed by atoms with Crippen molar-refractivity contribution in [1.29, 1.82) is 0 Å². The lowest BCUT2D eigenvalue weighted by molar-refractivity contribution is -0.130. The highest BCUT2D eigenvalue weighted by Gasteiger charge is 2.33. The lowest BCUT2D eigenvalue weighted by Gasteiger charge is -2.17. The van der Waals surface area contributed by atoms with E-state index < -0.39 is 10.0 Å². The van der Waals surface area contributed by atoms with E-state index in [4.69, 9.17) is 4.42 Å². The van der Waals surface area contributed by atoms with E-state index in [-0.39, 0.29) is 16.8 Å². The van der Waals surface area contributed by atoms with Gasteiger partial charge in [-0.1, -0.05) is 30.3 Å². The van der Waals surface area contributed by atoms with Crippen LogP contribution in [0.3, 0.4) is 0 Å². The number of furan rings is 1. The molecule has 8 heteroatoms. The molecule has 1 amide bonds. The Kier molecular flexibility index (Phi) is 5.17. The first kappa shape index (κ1) is 19.9. The number of carbonyl (C=O) groups excluding carboxylic acids is 1. The zero-order valence-electron chi connectivity index (χ0n) is 16.6. The Morgan fingerprint density at radius 2 is 1.87 bits per heavy atom. The van der Waals surface area contributed by atoms with Gasteiger partial charge in [0.2, 0.25) is 5.91 Å². The van der Waals surface area contributed by atoms with E-state index in [0.717, 1.165) is 11.3 Å². The molecule has 30 heavy (non-hydrogen) atoms. The molecule has 0 bridgehead atoms. The number of sulfonamides is 1. The van der Waals surface area contributed by atoms with E-state index in [1.165, 1.54) is 24.1 Å². The first-order valence-corrected chi connectivity index (χ1v) is 10.9. The van der Waals surface area contributed by atoms with Crippen molar-refractivity contribution in [3.8, 4) is 0 Å². The Morgan fingerprint density at radius 1 is 1.10 bits per heavy atom. The third-order valence-electron chi connectivity index (χ3n) is 4.82. The number of nitrogens with zero attached hydrogens (tertiary/aromatic N) is 2. The van der Waals surface area contributed by atoms with Gasteiger partial charge >= 0.3 is 0 Å². The topological polar surface area (TPSA) is 92.0 Å². The average Bonchev–Trinajstić information content (AvgIpc) is 3.35. The minimum absolute atomic E-state index is 0.185. The molecule has 1 unspecified atom stereocenters. The Bertz CT molecular complexity index is 1220. The number of benzene rings is 2. The maximum absolute atomic E-state index is 12.6. The predicted molar refractivity (Wildman–Crippen MR) is 114 cm³/mol. The first-order chi connectivity index (χ1) is 14.3. The number of hydrazone groups is 1. The van der Waals surface area contributed by atoms with Crippen LogP contribution in [0.1, 0.15) is 36.5 Å². The van der Waals surface area contributed by atoms with E-state index in [9.17, 15) is 13.2 Å². The molecule has 1 N–H and O–H groups in total. The molecule has 1 aliphatic rings. The lowest BCUT2D eigenvalue weighted by Crippen LogP contribution is -2.23. The highest BCUT2D eigenvalue weighted by Crippen LogP contribution is 2.34. The van der Waals surface area contributed by atoms with Gasteiger partial charge in [0.1, 0.15) is 17.6 Å². The predicted octanol–water partition coefficient (Wildman–Crippen LogP) is 4.09. The molecule has 1 aliphatic heterocycles. The van der Waals surface area contributed by atoms with Crippen LogP contribution in [0.2, 0.25) is 0 Å². The van der Waals surface area contributed by atoms with E-state index >= 15 is 0 Å². The number of carbonyl (C=O) groups is 1. The van der Waals surface area contributed by atoms with Crippen molar-refractivity contribution < 1.29 is 17.6 Å². The fourth-order valence-corrected chi connectivity index (χ4v) is 4.48. The normalized spacial score (nSPS) is 16.4. The maximum atomic E-state index is 12.6. The Labute approximate surface area is 175 Å². The third-order valence-corrected chi connectivity index (χ3v) is 6.22. The molecule has 2 heterocycles. The number of aryl methyl sites for hydroxylation is 1. The van der Waals surface area contributed by atoms with Gasteiger partial charge in [0.15, 0.2) is 0 Å². The number of rotatable bonds is 5. The van der Waals surface area contributed by atoms with Crippen molar-refractivity contribution >= 4 is 27.3 Å².